The summed E-state index contributed by atoms with van der Waals surface area (Å²) >= 11 is 0. The van der Waals surface area contributed by atoms with Crippen LogP contribution in [-0.2, 0) is 11.2 Å². The van der Waals surface area contributed by atoms with E-state index < -0.39 is 5.97 Å². The molecule has 0 spiro atoms. The monoisotopic (exact) mass is 196 g/mol. The van der Waals surface area contributed by atoms with Gasteiger partial charge < -0.3 is 9.67 Å². The van der Waals surface area contributed by atoms with E-state index in [9.17, 15) is 4.79 Å². The Morgan fingerprint density at radius 2 is 2.21 bits per heavy atom. The van der Waals surface area contributed by atoms with Gasteiger partial charge in [0.05, 0.1) is 12.2 Å². The number of carbonyl (C=O) groups is 1. The van der Waals surface area contributed by atoms with Crippen molar-refractivity contribution in [3.63, 3.8) is 0 Å². The third kappa shape index (κ3) is 2.34. The van der Waals surface area contributed by atoms with Crippen LogP contribution in [0.1, 0.15) is 32.5 Å². The lowest BCUT2D eigenvalue weighted by atomic mass is 10.1. The van der Waals surface area contributed by atoms with Gasteiger partial charge in [-0.15, -0.1) is 0 Å². The number of rotatable bonds is 4. The molecule has 0 aliphatic rings. The van der Waals surface area contributed by atoms with Crippen molar-refractivity contribution < 1.29 is 9.90 Å². The highest BCUT2D eigenvalue weighted by Crippen LogP contribution is 2.13. The maximum absolute atomic E-state index is 10.7. The molecule has 0 aromatic carbocycles. The van der Waals surface area contributed by atoms with Crippen LogP contribution in [0, 0.1) is 5.92 Å². The number of hydrogen-bond acceptors (Lipinski definition) is 2. The molecule has 0 aliphatic heterocycles. The molecular weight excluding hydrogens is 180 g/mol. The van der Waals surface area contributed by atoms with E-state index in [1.807, 2.05) is 4.57 Å². The molecule has 0 aliphatic carbocycles. The molecule has 0 bridgehead atoms. The maximum atomic E-state index is 10.7. The average Bonchev–Trinajstić information content (AvgIpc) is 2.52. The Hall–Kier alpha value is -1.32. The zero-order valence-corrected chi connectivity index (χ0v) is 8.77. The van der Waals surface area contributed by atoms with Crippen molar-refractivity contribution in [2.75, 3.05) is 0 Å². The molecule has 0 amide bonds. The molecule has 1 unspecified atom stereocenters. The van der Waals surface area contributed by atoms with E-state index in [0.717, 1.165) is 5.69 Å². The van der Waals surface area contributed by atoms with Crippen LogP contribution in [0.3, 0.4) is 0 Å². The highest BCUT2D eigenvalue weighted by atomic mass is 16.4. The SMILES string of the molecule is CC(Cc1cncn1C(C)C)C(=O)O. The summed E-state index contributed by atoms with van der Waals surface area (Å²) in [5.74, 6) is -1.12. The largest absolute Gasteiger partial charge is 0.481 e. The minimum Gasteiger partial charge on any atom is -0.481 e. The van der Waals surface area contributed by atoms with E-state index in [0.29, 0.717) is 12.5 Å². The second-order valence-electron chi connectivity index (χ2n) is 3.83. The summed E-state index contributed by atoms with van der Waals surface area (Å²) in [7, 11) is 0. The lowest BCUT2D eigenvalue weighted by Gasteiger charge is -2.13. The number of aliphatic carboxylic acids is 1. The Labute approximate surface area is 83.6 Å². The molecule has 1 aromatic heterocycles. The maximum Gasteiger partial charge on any atom is 0.306 e. The van der Waals surface area contributed by atoms with Crippen molar-refractivity contribution in [3.05, 3.63) is 18.2 Å². The van der Waals surface area contributed by atoms with Crippen LogP contribution in [0.5, 0.6) is 0 Å². The molecule has 0 saturated heterocycles. The first kappa shape index (κ1) is 10.8. The summed E-state index contributed by atoms with van der Waals surface area (Å²) in [5, 5.41) is 8.78. The Morgan fingerprint density at radius 3 is 2.71 bits per heavy atom. The van der Waals surface area contributed by atoms with Gasteiger partial charge in [-0.1, -0.05) is 6.92 Å². The molecule has 1 aromatic rings. The van der Waals surface area contributed by atoms with E-state index in [1.54, 1.807) is 19.4 Å². The Balaban J connectivity index is 2.76. The lowest BCUT2D eigenvalue weighted by Crippen LogP contribution is -2.15. The number of carboxylic acids is 1. The van der Waals surface area contributed by atoms with Crippen LogP contribution in [-0.4, -0.2) is 20.6 Å². The number of imidazole rings is 1. The van der Waals surface area contributed by atoms with Crippen LogP contribution in [0.25, 0.3) is 0 Å². The zero-order chi connectivity index (χ0) is 10.7. The molecule has 4 nitrogen and oxygen atoms in total. The van der Waals surface area contributed by atoms with Gasteiger partial charge in [0.1, 0.15) is 0 Å². The molecular formula is C10H16N2O2. The average molecular weight is 196 g/mol. The Morgan fingerprint density at radius 1 is 1.57 bits per heavy atom. The van der Waals surface area contributed by atoms with Crippen molar-refractivity contribution in [3.8, 4) is 0 Å². The second kappa shape index (κ2) is 4.26. The molecule has 78 valence electrons. The van der Waals surface area contributed by atoms with E-state index >= 15 is 0 Å². The molecule has 1 atom stereocenters. The molecule has 4 heteroatoms. The van der Waals surface area contributed by atoms with Gasteiger partial charge in [0, 0.05) is 24.4 Å². The number of nitrogens with zero attached hydrogens (tertiary/aromatic N) is 2. The van der Waals surface area contributed by atoms with Gasteiger partial charge in [-0.05, 0) is 13.8 Å². The van der Waals surface area contributed by atoms with Gasteiger partial charge in [0.2, 0.25) is 0 Å². The van der Waals surface area contributed by atoms with Crippen molar-refractivity contribution in [2.24, 2.45) is 5.92 Å². The second-order valence-corrected chi connectivity index (χ2v) is 3.83. The van der Waals surface area contributed by atoms with Crippen molar-refractivity contribution in [1.82, 2.24) is 9.55 Å². The zero-order valence-electron chi connectivity index (χ0n) is 8.77. The van der Waals surface area contributed by atoms with Crippen molar-refractivity contribution in [1.29, 1.82) is 0 Å². The fourth-order valence-electron chi connectivity index (χ4n) is 1.36. The van der Waals surface area contributed by atoms with Crippen molar-refractivity contribution in [2.45, 2.75) is 33.2 Å². The number of carboxylic acid groups (broad SMARTS) is 1. The van der Waals surface area contributed by atoms with Crippen LogP contribution < -0.4 is 0 Å². The first-order valence-electron chi connectivity index (χ1n) is 4.76. The molecule has 1 heterocycles. The van der Waals surface area contributed by atoms with Gasteiger partial charge in [0.15, 0.2) is 0 Å². The Bertz CT molecular complexity index is 318. The van der Waals surface area contributed by atoms with Gasteiger partial charge in [-0.25, -0.2) is 4.98 Å². The van der Waals surface area contributed by atoms with Crippen LogP contribution >= 0.6 is 0 Å². The topological polar surface area (TPSA) is 55.1 Å². The molecule has 0 radical (unpaired) electrons. The van der Waals surface area contributed by atoms with Gasteiger partial charge >= 0.3 is 5.97 Å². The summed E-state index contributed by atoms with van der Waals surface area (Å²) in [4.78, 5) is 14.7. The predicted molar refractivity (Wildman–Crippen MR) is 53.1 cm³/mol. The summed E-state index contributed by atoms with van der Waals surface area (Å²) in [5.41, 5.74) is 0.981. The third-order valence-electron chi connectivity index (χ3n) is 2.24. The highest BCUT2D eigenvalue weighted by Gasteiger charge is 2.14. The fourth-order valence-corrected chi connectivity index (χ4v) is 1.36. The number of aromatic nitrogens is 2. The molecule has 0 fully saturated rings. The summed E-state index contributed by atoms with van der Waals surface area (Å²) in [6.45, 7) is 5.81. The van der Waals surface area contributed by atoms with Crippen LogP contribution in [0.2, 0.25) is 0 Å². The predicted octanol–water partition coefficient (Wildman–Crippen LogP) is 1.73. The minimum atomic E-state index is -0.762. The standard InChI is InChI=1S/C10H16N2O2/c1-7(2)12-6-11-5-9(12)4-8(3)10(13)14/h5-8H,4H2,1-3H3,(H,13,14). The summed E-state index contributed by atoms with van der Waals surface area (Å²) < 4.78 is 2.00. The molecule has 0 saturated carbocycles. The third-order valence-corrected chi connectivity index (χ3v) is 2.24. The van der Waals surface area contributed by atoms with E-state index in [-0.39, 0.29) is 5.92 Å². The number of hydrogen-bond donors (Lipinski definition) is 1. The smallest absolute Gasteiger partial charge is 0.306 e. The van der Waals surface area contributed by atoms with Crippen LogP contribution in [0.4, 0.5) is 0 Å². The normalized spacial score (nSPS) is 13.1. The van der Waals surface area contributed by atoms with E-state index in [2.05, 4.69) is 18.8 Å². The first-order chi connectivity index (χ1) is 6.52. The lowest BCUT2D eigenvalue weighted by molar-refractivity contribution is -0.141. The minimum absolute atomic E-state index is 0.327. The van der Waals surface area contributed by atoms with Gasteiger partial charge in [0.25, 0.3) is 0 Å². The van der Waals surface area contributed by atoms with E-state index in [1.165, 1.54) is 0 Å². The summed E-state index contributed by atoms with van der Waals surface area (Å²) in [6.07, 6.45) is 4.02. The van der Waals surface area contributed by atoms with Gasteiger partial charge in [-0.2, -0.15) is 0 Å². The molecule has 1 N–H and O–H groups in total. The summed E-state index contributed by atoms with van der Waals surface area (Å²) in [6, 6.07) is 0.327. The quantitative estimate of drug-likeness (QED) is 0.797. The van der Waals surface area contributed by atoms with Crippen molar-refractivity contribution >= 4 is 5.97 Å². The van der Waals surface area contributed by atoms with Crippen LogP contribution in [0.15, 0.2) is 12.5 Å². The molecule has 1 rings (SSSR count). The van der Waals surface area contributed by atoms with Gasteiger partial charge in [-0.3, -0.25) is 4.79 Å². The Kier molecular flexibility index (Phi) is 3.28. The molecule has 14 heavy (non-hydrogen) atoms. The van der Waals surface area contributed by atoms with E-state index in [4.69, 9.17) is 5.11 Å². The highest BCUT2D eigenvalue weighted by molar-refractivity contribution is 5.69. The first-order valence-corrected chi connectivity index (χ1v) is 4.76. The fraction of sp³-hybridized carbons (Fsp3) is 0.600.